The zero-order valence-corrected chi connectivity index (χ0v) is 18.0. The molecule has 166 valence electrons. The predicted molar refractivity (Wildman–Crippen MR) is 115 cm³/mol. The summed E-state index contributed by atoms with van der Waals surface area (Å²) in [5.41, 5.74) is 0.916. The number of nitrogens with zero attached hydrogens (tertiary/aromatic N) is 4. The van der Waals surface area contributed by atoms with Crippen molar-refractivity contribution in [1.82, 2.24) is 19.5 Å². The van der Waals surface area contributed by atoms with Gasteiger partial charge in [-0.05, 0) is 67.8 Å². The van der Waals surface area contributed by atoms with Gasteiger partial charge in [-0.25, -0.2) is 0 Å². The summed E-state index contributed by atoms with van der Waals surface area (Å²) in [6.45, 7) is 1.88. The van der Waals surface area contributed by atoms with Crippen molar-refractivity contribution < 1.29 is 13.2 Å². The topological polar surface area (TPSA) is 33.4 Å². The van der Waals surface area contributed by atoms with E-state index in [0.717, 1.165) is 38.8 Å². The summed E-state index contributed by atoms with van der Waals surface area (Å²) >= 11 is 0. The Bertz CT molecular complexity index is 1020. The Kier molecular flexibility index (Phi) is 6.26. The summed E-state index contributed by atoms with van der Waals surface area (Å²) in [4.78, 5) is 2.13. The van der Waals surface area contributed by atoms with Crippen LogP contribution >= 0.6 is 12.4 Å². The van der Waals surface area contributed by atoms with Crippen LogP contribution in [0, 0.1) is 5.92 Å². The lowest BCUT2D eigenvalue weighted by Gasteiger charge is -2.32. The van der Waals surface area contributed by atoms with Gasteiger partial charge in [0.15, 0.2) is 5.65 Å². The van der Waals surface area contributed by atoms with Gasteiger partial charge in [0.05, 0.1) is 0 Å². The average molecular weight is 451 g/mol. The van der Waals surface area contributed by atoms with Crippen molar-refractivity contribution in [1.29, 1.82) is 0 Å². The molecule has 0 bridgehead atoms. The van der Waals surface area contributed by atoms with Gasteiger partial charge in [-0.2, -0.15) is 13.2 Å². The molecule has 8 heteroatoms. The van der Waals surface area contributed by atoms with Crippen LogP contribution < -0.4 is 0 Å². The molecular weight excluding hydrogens is 425 g/mol. The van der Waals surface area contributed by atoms with Crippen molar-refractivity contribution in [3.63, 3.8) is 0 Å². The Morgan fingerprint density at radius 3 is 2.29 bits per heavy atom. The van der Waals surface area contributed by atoms with Crippen LogP contribution in [0.15, 0.2) is 42.6 Å². The molecule has 0 spiro atoms. The molecule has 0 radical (unpaired) electrons. The van der Waals surface area contributed by atoms with Gasteiger partial charge in [0, 0.05) is 19.2 Å². The monoisotopic (exact) mass is 450 g/mol. The van der Waals surface area contributed by atoms with Gasteiger partial charge in [-0.3, -0.25) is 9.30 Å². The molecule has 0 N–H and O–H groups in total. The van der Waals surface area contributed by atoms with Gasteiger partial charge in [-0.1, -0.05) is 30.3 Å². The summed E-state index contributed by atoms with van der Waals surface area (Å²) in [7, 11) is 0. The van der Waals surface area contributed by atoms with E-state index in [9.17, 15) is 13.2 Å². The number of alkyl halides is 3. The first-order valence-corrected chi connectivity index (χ1v) is 10.7. The fourth-order valence-corrected chi connectivity index (χ4v) is 4.59. The highest BCUT2D eigenvalue weighted by Crippen LogP contribution is 2.37. The zero-order chi connectivity index (χ0) is 20.7. The van der Waals surface area contributed by atoms with E-state index in [-0.39, 0.29) is 24.6 Å². The van der Waals surface area contributed by atoms with Crippen LogP contribution in [0.2, 0.25) is 0 Å². The zero-order valence-electron chi connectivity index (χ0n) is 17.2. The minimum atomic E-state index is -4.45. The van der Waals surface area contributed by atoms with Crippen LogP contribution in [0.25, 0.3) is 5.65 Å². The van der Waals surface area contributed by atoms with Crippen LogP contribution in [-0.2, 0) is 19.1 Å². The number of pyridine rings is 1. The molecule has 1 aliphatic heterocycles. The average Bonchev–Trinajstić information content (AvgIpc) is 3.47. The van der Waals surface area contributed by atoms with Crippen LogP contribution in [0.3, 0.4) is 0 Å². The summed E-state index contributed by atoms with van der Waals surface area (Å²) in [6.07, 6.45) is 2.13. The van der Waals surface area contributed by atoms with E-state index in [1.807, 2.05) is 18.2 Å². The molecule has 1 saturated carbocycles. The normalized spacial score (nSPS) is 18.3. The smallest absolute Gasteiger partial charge is 0.299 e. The Morgan fingerprint density at radius 1 is 0.935 bits per heavy atom. The molecule has 2 fully saturated rings. The maximum atomic E-state index is 14.0. The van der Waals surface area contributed by atoms with Crippen molar-refractivity contribution in [3.8, 4) is 0 Å². The van der Waals surface area contributed by atoms with Crippen LogP contribution in [0.4, 0.5) is 13.2 Å². The van der Waals surface area contributed by atoms with Gasteiger partial charge in [-0.15, -0.1) is 22.6 Å². The first kappa shape index (κ1) is 22.1. The second-order valence-electron chi connectivity index (χ2n) is 8.63. The van der Waals surface area contributed by atoms with E-state index < -0.39 is 11.7 Å². The van der Waals surface area contributed by atoms with E-state index >= 15 is 0 Å². The highest BCUT2D eigenvalue weighted by atomic mass is 35.5. The number of likely N-dealkylation sites (tertiary alicyclic amines) is 1. The lowest BCUT2D eigenvalue weighted by molar-refractivity contribution is -0.137. The van der Waals surface area contributed by atoms with Crippen molar-refractivity contribution >= 4 is 18.1 Å². The number of halogens is 4. The fourth-order valence-electron chi connectivity index (χ4n) is 4.59. The Balaban J connectivity index is 0.00000231. The van der Waals surface area contributed by atoms with Crippen molar-refractivity contribution in [2.24, 2.45) is 5.92 Å². The predicted octanol–water partition coefficient (Wildman–Crippen LogP) is 5.50. The maximum absolute atomic E-state index is 14.0. The molecule has 1 aromatic carbocycles. The molecule has 2 aliphatic rings. The molecule has 1 aliphatic carbocycles. The standard InChI is InChI=1S/C23H25F3N4.ClH/c24-23(25,26)21-19(10-13-30-20(14-16-6-7-16)27-28-22(21)30)15-29-11-8-18(9-12-29)17-4-2-1-3-5-17;/h1-5,10,13,16,18H,6-9,11-12,14-15H2;1H. The number of benzene rings is 1. The van der Waals surface area contributed by atoms with Crippen molar-refractivity contribution in [3.05, 3.63) is 65.1 Å². The first-order chi connectivity index (χ1) is 14.5. The Morgan fingerprint density at radius 2 is 1.65 bits per heavy atom. The van der Waals surface area contributed by atoms with Gasteiger partial charge in [0.25, 0.3) is 0 Å². The highest BCUT2D eigenvalue weighted by molar-refractivity contribution is 5.85. The number of hydrogen-bond donors (Lipinski definition) is 0. The SMILES string of the molecule is Cl.FC(F)(F)c1c(CN2CCC(c3ccccc3)CC2)ccn2c(CC3CC3)nnc12. The summed E-state index contributed by atoms with van der Waals surface area (Å²) in [5.74, 6) is 1.65. The largest absolute Gasteiger partial charge is 0.420 e. The molecule has 3 aromatic rings. The third-order valence-electron chi connectivity index (χ3n) is 6.44. The molecule has 5 rings (SSSR count). The number of aromatic nitrogens is 3. The second kappa shape index (κ2) is 8.79. The molecule has 31 heavy (non-hydrogen) atoms. The van der Waals surface area contributed by atoms with Crippen molar-refractivity contribution in [2.75, 3.05) is 13.1 Å². The quantitative estimate of drug-likeness (QED) is 0.514. The number of piperidine rings is 1. The van der Waals surface area contributed by atoms with Crippen LogP contribution in [0.5, 0.6) is 0 Å². The molecule has 2 aromatic heterocycles. The molecular formula is C23H26ClF3N4. The van der Waals surface area contributed by atoms with Gasteiger partial charge >= 0.3 is 6.18 Å². The highest BCUT2D eigenvalue weighted by Gasteiger charge is 2.38. The Labute approximate surface area is 185 Å². The third-order valence-corrected chi connectivity index (χ3v) is 6.44. The van der Waals surface area contributed by atoms with Gasteiger partial charge in [0.2, 0.25) is 0 Å². The van der Waals surface area contributed by atoms with E-state index in [2.05, 4.69) is 27.2 Å². The summed E-state index contributed by atoms with van der Waals surface area (Å²) in [5, 5.41) is 8.03. The van der Waals surface area contributed by atoms with E-state index in [1.165, 1.54) is 9.96 Å². The summed E-state index contributed by atoms with van der Waals surface area (Å²) < 4.78 is 43.5. The van der Waals surface area contributed by atoms with E-state index in [4.69, 9.17) is 0 Å². The molecule has 1 saturated heterocycles. The first-order valence-electron chi connectivity index (χ1n) is 10.7. The van der Waals surface area contributed by atoms with E-state index in [0.29, 0.717) is 29.6 Å². The van der Waals surface area contributed by atoms with Crippen molar-refractivity contribution in [2.45, 2.75) is 50.7 Å². The van der Waals surface area contributed by atoms with Crippen LogP contribution in [-0.4, -0.2) is 32.6 Å². The van der Waals surface area contributed by atoms with Gasteiger partial charge in [0.1, 0.15) is 11.4 Å². The lowest BCUT2D eigenvalue weighted by atomic mass is 9.89. The van der Waals surface area contributed by atoms with Crippen LogP contribution in [0.1, 0.15) is 54.1 Å². The molecule has 0 unspecified atom stereocenters. The molecule has 4 nitrogen and oxygen atoms in total. The number of rotatable bonds is 5. The maximum Gasteiger partial charge on any atom is 0.420 e. The molecule has 0 amide bonds. The number of hydrogen-bond acceptors (Lipinski definition) is 3. The summed E-state index contributed by atoms with van der Waals surface area (Å²) in [6, 6.07) is 12.0. The minimum Gasteiger partial charge on any atom is -0.299 e. The van der Waals surface area contributed by atoms with Gasteiger partial charge < -0.3 is 0 Å². The minimum absolute atomic E-state index is 0. The van der Waals surface area contributed by atoms with E-state index in [1.54, 1.807) is 12.3 Å². The molecule has 0 atom stereocenters. The fraction of sp³-hybridized carbons (Fsp3) is 0.478. The third kappa shape index (κ3) is 4.72. The number of fused-ring (bicyclic) bond motifs is 1. The Hall–Kier alpha value is -2.12. The lowest BCUT2D eigenvalue weighted by Crippen LogP contribution is -2.33. The molecule has 3 heterocycles. The second-order valence-corrected chi connectivity index (χ2v) is 8.63.